The van der Waals surface area contributed by atoms with E-state index in [-0.39, 0.29) is 12.0 Å². The summed E-state index contributed by atoms with van der Waals surface area (Å²) >= 11 is 0. The topological polar surface area (TPSA) is 86.4 Å². The van der Waals surface area contributed by atoms with Crippen molar-refractivity contribution >= 4 is 5.95 Å². The quantitative estimate of drug-likeness (QED) is 0.691. The monoisotopic (exact) mass is 213 g/mol. The van der Waals surface area contributed by atoms with E-state index in [9.17, 15) is 0 Å². The molecule has 0 bridgehead atoms. The van der Waals surface area contributed by atoms with Gasteiger partial charge in [-0.2, -0.15) is 9.97 Å². The average Bonchev–Trinajstić information content (AvgIpc) is 2.28. The lowest BCUT2D eigenvalue weighted by Gasteiger charge is -2.16. The molecule has 0 saturated heterocycles. The Morgan fingerprint density at radius 2 is 1.67 bits per heavy atom. The van der Waals surface area contributed by atoms with Crippen molar-refractivity contribution in [2.45, 2.75) is 0 Å². The predicted molar refractivity (Wildman–Crippen MR) is 55.3 cm³/mol. The molecule has 15 heavy (non-hydrogen) atoms. The highest BCUT2D eigenvalue weighted by Crippen LogP contribution is 2.14. The Labute approximate surface area is 88.2 Å². The maximum atomic E-state index is 5.43. The van der Waals surface area contributed by atoms with Crippen LogP contribution in [-0.2, 0) is 0 Å². The molecule has 0 amide bonds. The van der Waals surface area contributed by atoms with Crippen molar-refractivity contribution in [3.8, 4) is 12.0 Å². The summed E-state index contributed by atoms with van der Waals surface area (Å²) in [5.74, 6) is 0.476. The highest BCUT2D eigenvalue weighted by Gasteiger charge is 2.10. The lowest BCUT2D eigenvalue weighted by Crippen LogP contribution is -2.27. The summed E-state index contributed by atoms with van der Waals surface area (Å²) in [7, 11) is 4.81. The molecule has 0 fully saturated rings. The first kappa shape index (κ1) is 11.4. The molecule has 1 heterocycles. The van der Waals surface area contributed by atoms with Crippen molar-refractivity contribution in [3.63, 3.8) is 0 Å². The van der Waals surface area contributed by atoms with Crippen LogP contribution < -0.4 is 20.1 Å². The third-order valence-corrected chi connectivity index (χ3v) is 1.75. The van der Waals surface area contributed by atoms with E-state index in [0.717, 1.165) is 0 Å². The van der Waals surface area contributed by atoms with E-state index in [0.29, 0.717) is 19.0 Å². The van der Waals surface area contributed by atoms with Crippen LogP contribution in [0.2, 0.25) is 0 Å². The van der Waals surface area contributed by atoms with Crippen LogP contribution in [0.4, 0.5) is 5.95 Å². The second-order valence-electron chi connectivity index (χ2n) is 2.82. The lowest BCUT2D eigenvalue weighted by molar-refractivity contribution is 0.340. The summed E-state index contributed by atoms with van der Waals surface area (Å²) in [5.41, 5.74) is 5.43. The molecule has 84 valence electrons. The van der Waals surface area contributed by atoms with Gasteiger partial charge >= 0.3 is 12.0 Å². The van der Waals surface area contributed by atoms with Crippen molar-refractivity contribution in [2.75, 3.05) is 39.3 Å². The van der Waals surface area contributed by atoms with Gasteiger partial charge < -0.3 is 20.1 Å². The first-order valence-corrected chi connectivity index (χ1v) is 4.46. The van der Waals surface area contributed by atoms with Gasteiger partial charge in [0.15, 0.2) is 0 Å². The molecule has 1 aromatic heterocycles. The normalized spacial score (nSPS) is 9.87. The molecular formula is C8H15N5O2. The number of nitrogens with zero attached hydrogens (tertiary/aromatic N) is 4. The Balaban J connectivity index is 2.95. The summed E-state index contributed by atoms with van der Waals surface area (Å²) in [4.78, 5) is 13.8. The number of hydrogen-bond donors (Lipinski definition) is 1. The van der Waals surface area contributed by atoms with Gasteiger partial charge in [0, 0.05) is 20.1 Å². The number of ether oxygens (including phenoxy) is 2. The number of methoxy groups -OCH3 is 2. The Bertz CT molecular complexity index is 298. The van der Waals surface area contributed by atoms with Gasteiger partial charge in [0.25, 0.3) is 0 Å². The minimum absolute atomic E-state index is 0.223. The van der Waals surface area contributed by atoms with Crippen LogP contribution in [0.3, 0.4) is 0 Å². The van der Waals surface area contributed by atoms with Crippen molar-refractivity contribution in [3.05, 3.63) is 0 Å². The summed E-state index contributed by atoms with van der Waals surface area (Å²) in [6, 6.07) is 0.446. The fraction of sp³-hybridized carbons (Fsp3) is 0.625. The zero-order valence-corrected chi connectivity index (χ0v) is 9.10. The van der Waals surface area contributed by atoms with E-state index in [2.05, 4.69) is 15.0 Å². The summed E-state index contributed by atoms with van der Waals surface area (Å²) < 4.78 is 9.85. The van der Waals surface area contributed by atoms with Gasteiger partial charge in [0.1, 0.15) is 0 Å². The maximum absolute atomic E-state index is 5.43. The summed E-state index contributed by atoms with van der Waals surface area (Å²) in [6.45, 7) is 1.17. The smallest absolute Gasteiger partial charge is 0.324 e. The Morgan fingerprint density at radius 1 is 1.13 bits per heavy atom. The number of anilines is 1. The number of likely N-dealkylation sites (N-methyl/N-ethyl adjacent to an activating group) is 1. The molecule has 0 aliphatic carbocycles. The van der Waals surface area contributed by atoms with E-state index in [4.69, 9.17) is 15.2 Å². The highest BCUT2D eigenvalue weighted by molar-refractivity contribution is 5.30. The average molecular weight is 213 g/mol. The molecule has 0 unspecified atom stereocenters. The summed E-state index contributed by atoms with van der Waals surface area (Å²) in [6.07, 6.45) is 0. The number of nitrogens with two attached hydrogens (primary N) is 1. The van der Waals surface area contributed by atoms with Gasteiger partial charge in [-0.3, -0.25) is 0 Å². The van der Waals surface area contributed by atoms with Crippen LogP contribution in [0, 0.1) is 0 Å². The van der Waals surface area contributed by atoms with Crippen molar-refractivity contribution < 1.29 is 9.47 Å². The number of hydrogen-bond acceptors (Lipinski definition) is 7. The molecule has 0 atom stereocenters. The van der Waals surface area contributed by atoms with Crippen LogP contribution in [0.1, 0.15) is 0 Å². The number of rotatable bonds is 5. The first-order valence-electron chi connectivity index (χ1n) is 4.46. The molecule has 7 heteroatoms. The van der Waals surface area contributed by atoms with Gasteiger partial charge in [0.2, 0.25) is 5.95 Å². The molecule has 0 aromatic carbocycles. The molecule has 1 rings (SSSR count). The first-order chi connectivity index (χ1) is 7.21. The SMILES string of the molecule is COc1nc(OC)nc(N(C)CCN)n1. The fourth-order valence-electron chi connectivity index (χ4n) is 0.975. The van der Waals surface area contributed by atoms with Gasteiger partial charge in [-0.15, -0.1) is 4.98 Å². The van der Waals surface area contributed by atoms with Crippen LogP contribution in [0.5, 0.6) is 12.0 Å². The zero-order chi connectivity index (χ0) is 11.3. The molecule has 1 aromatic rings. The lowest BCUT2D eigenvalue weighted by atomic mass is 10.6. The van der Waals surface area contributed by atoms with E-state index in [1.165, 1.54) is 14.2 Å². The van der Waals surface area contributed by atoms with E-state index in [1.807, 2.05) is 7.05 Å². The van der Waals surface area contributed by atoms with Crippen molar-refractivity contribution in [2.24, 2.45) is 5.73 Å². The largest absolute Gasteiger partial charge is 0.467 e. The second kappa shape index (κ2) is 5.30. The molecule has 0 aliphatic heterocycles. The minimum Gasteiger partial charge on any atom is -0.467 e. The highest BCUT2D eigenvalue weighted by atomic mass is 16.5. The van der Waals surface area contributed by atoms with Gasteiger partial charge in [-0.1, -0.05) is 0 Å². The van der Waals surface area contributed by atoms with Crippen molar-refractivity contribution in [1.82, 2.24) is 15.0 Å². The van der Waals surface area contributed by atoms with Gasteiger partial charge in [-0.05, 0) is 0 Å². The standard InChI is InChI=1S/C8H15N5O2/c1-13(5-4-9)6-10-7(14-2)12-8(11-6)15-3/h4-5,9H2,1-3H3. The molecule has 0 aliphatic rings. The zero-order valence-electron chi connectivity index (χ0n) is 9.10. The van der Waals surface area contributed by atoms with Crippen LogP contribution in [0.15, 0.2) is 0 Å². The van der Waals surface area contributed by atoms with E-state index in [1.54, 1.807) is 4.90 Å². The number of aromatic nitrogens is 3. The fourth-order valence-corrected chi connectivity index (χ4v) is 0.975. The third-order valence-electron chi connectivity index (χ3n) is 1.75. The molecule has 0 spiro atoms. The van der Waals surface area contributed by atoms with Gasteiger partial charge in [0.05, 0.1) is 14.2 Å². The maximum Gasteiger partial charge on any atom is 0.324 e. The van der Waals surface area contributed by atoms with Crippen molar-refractivity contribution in [1.29, 1.82) is 0 Å². The van der Waals surface area contributed by atoms with Crippen LogP contribution in [0.25, 0.3) is 0 Å². The summed E-state index contributed by atoms with van der Waals surface area (Å²) in [5, 5.41) is 0. The molecule has 0 radical (unpaired) electrons. The molecular weight excluding hydrogens is 198 g/mol. The van der Waals surface area contributed by atoms with Crippen LogP contribution in [-0.4, -0.2) is 49.3 Å². The minimum atomic E-state index is 0.223. The molecule has 7 nitrogen and oxygen atoms in total. The van der Waals surface area contributed by atoms with Crippen LogP contribution >= 0.6 is 0 Å². The van der Waals surface area contributed by atoms with Gasteiger partial charge in [-0.25, -0.2) is 0 Å². The Kier molecular flexibility index (Phi) is 4.04. The van der Waals surface area contributed by atoms with E-state index < -0.39 is 0 Å². The predicted octanol–water partition coefficient (Wildman–Crippen LogP) is -0.716. The molecule has 0 saturated carbocycles. The Hall–Kier alpha value is -1.63. The van der Waals surface area contributed by atoms with E-state index >= 15 is 0 Å². The third kappa shape index (κ3) is 2.91. The Morgan fingerprint density at radius 3 is 2.07 bits per heavy atom. The second-order valence-corrected chi connectivity index (χ2v) is 2.82. The molecule has 2 N–H and O–H groups in total.